The minimum atomic E-state index is -4.76. The van der Waals surface area contributed by atoms with E-state index in [1.807, 2.05) is 4.72 Å². The van der Waals surface area contributed by atoms with Gasteiger partial charge < -0.3 is 14.8 Å². The molecule has 3 amide bonds. The molecule has 1 saturated carbocycles. The SMILES string of the molecule is C=CC[C@@](C)(NC(=O)[C@@H]1C[C@@H](Oc2cc(C(F)(F)F)nc3ccccc23)CN1C(=O)OC(C)(C)C)C(=O)NS(=O)(=O)C1CC1. The van der Waals surface area contributed by atoms with E-state index in [0.29, 0.717) is 18.2 Å². The Morgan fingerprint density at radius 2 is 1.80 bits per heavy atom. The van der Waals surface area contributed by atoms with Crippen LogP contribution in [0.25, 0.3) is 10.9 Å². The molecule has 1 aliphatic carbocycles. The van der Waals surface area contributed by atoms with E-state index < -0.39 is 68.3 Å². The molecule has 2 aliphatic rings. The van der Waals surface area contributed by atoms with Gasteiger partial charge in [0.25, 0.3) is 5.91 Å². The largest absolute Gasteiger partial charge is 0.488 e. The molecule has 1 saturated heterocycles. The summed E-state index contributed by atoms with van der Waals surface area (Å²) in [5.41, 5.74) is -3.84. The average molecular weight is 641 g/mol. The standard InChI is InChI=1S/C29H35F3N4O7S/c1-6-13-28(5,25(38)35-44(40,41)18-11-12-18)34-24(37)21-14-17(16-36(21)26(39)43-27(2,3)4)42-22-15-23(29(30,31)32)33-20-10-8-7-9-19(20)22/h6-10,15,17-18,21H,1,11-14,16H2,2-5H3,(H,34,37)(H,35,38)/t17-,21+,28-/m1/s1. The number of hydrogen-bond donors (Lipinski definition) is 2. The van der Waals surface area contributed by atoms with Crippen LogP contribution in [0.15, 0.2) is 43.0 Å². The van der Waals surface area contributed by atoms with E-state index in [-0.39, 0.29) is 30.7 Å². The molecule has 15 heteroatoms. The molecule has 3 atom stereocenters. The lowest BCUT2D eigenvalue weighted by molar-refractivity contribution is -0.141. The maximum absolute atomic E-state index is 13.7. The van der Waals surface area contributed by atoms with Crippen molar-refractivity contribution in [3.8, 4) is 5.75 Å². The first-order chi connectivity index (χ1) is 20.3. The van der Waals surface area contributed by atoms with Crippen LogP contribution in [0.3, 0.4) is 0 Å². The fourth-order valence-electron chi connectivity index (χ4n) is 4.77. The monoisotopic (exact) mass is 640 g/mol. The molecular weight excluding hydrogens is 605 g/mol. The highest BCUT2D eigenvalue weighted by molar-refractivity contribution is 7.90. The number of alkyl halides is 3. The van der Waals surface area contributed by atoms with E-state index in [2.05, 4.69) is 16.9 Å². The molecule has 44 heavy (non-hydrogen) atoms. The summed E-state index contributed by atoms with van der Waals surface area (Å²) in [4.78, 5) is 44.8. The second-order valence-corrected chi connectivity index (χ2v) is 14.1. The third-order valence-corrected chi connectivity index (χ3v) is 8.93. The number of amides is 3. The maximum atomic E-state index is 13.7. The normalized spacial score (nSPS) is 20.5. The van der Waals surface area contributed by atoms with Gasteiger partial charge in [-0.15, -0.1) is 6.58 Å². The van der Waals surface area contributed by atoms with Crippen LogP contribution in [0.2, 0.25) is 0 Å². The lowest BCUT2D eigenvalue weighted by Crippen LogP contribution is -2.61. The predicted molar refractivity (Wildman–Crippen MR) is 154 cm³/mol. The second kappa shape index (κ2) is 11.9. The van der Waals surface area contributed by atoms with Crippen molar-refractivity contribution in [3.05, 3.63) is 48.7 Å². The summed E-state index contributed by atoms with van der Waals surface area (Å²) >= 11 is 0. The fourth-order valence-corrected chi connectivity index (χ4v) is 6.17. The van der Waals surface area contributed by atoms with E-state index in [1.54, 1.807) is 26.8 Å². The Hall–Kier alpha value is -3.88. The number of nitrogens with one attached hydrogen (secondary N) is 2. The summed E-state index contributed by atoms with van der Waals surface area (Å²) in [7, 11) is -3.94. The molecule has 2 N–H and O–H groups in total. The summed E-state index contributed by atoms with van der Waals surface area (Å²) in [6.07, 6.45) is -4.75. The van der Waals surface area contributed by atoms with Gasteiger partial charge >= 0.3 is 12.3 Å². The Morgan fingerprint density at radius 1 is 1.14 bits per heavy atom. The molecule has 11 nitrogen and oxygen atoms in total. The molecule has 4 rings (SSSR count). The Bertz CT molecular complexity index is 1570. The van der Waals surface area contributed by atoms with Crippen LogP contribution in [0.1, 0.15) is 59.1 Å². The molecule has 0 unspecified atom stereocenters. The number of fused-ring (bicyclic) bond motifs is 1. The van der Waals surface area contributed by atoms with Crippen molar-refractivity contribution in [1.29, 1.82) is 0 Å². The molecular formula is C29H35F3N4O7S. The number of likely N-dealkylation sites (tertiary alicyclic amines) is 1. The molecule has 0 spiro atoms. The van der Waals surface area contributed by atoms with Crippen molar-refractivity contribution in [2.24, 2.45) is 0 Å². The number of benzene rings is 1. The second-order valence-electron chi connectivity index (χ2n) is 12.1. The summed E-state index contributed by atoms with van der Waals surface area (Å²) in [6, 6.07) is 5.58. The number of nitrogens with zero attached hydrogens (tertiary/aromatic N) is 2. The molecule has 1 aliphatic heterocycles. The lowest BCUT2D eigenvalue weighted by atomic mass is 9.96. The van der Waals surface area contributed by atoms with Crippen LogP contribution in [-0.4, -0.2) is 71.3 Å². The van der Waals surface area contributed by atoms with Crippen molar-refractivity contribution in [2.75, 3.05) is 6.54 Å². The number of sulfonamides is 1. The first-order valence-corrected chi connectivity index (χ1v) is 15.5. The molecule has 2 aromatic rings. The van der Waals surface area contributed by atoms with E-state index in [1.165, 1.54) is 31.2 Å². The van der Waals surface area contributed by atoms with Crippen LogP contribution in [0.5, 0.6) is 5.75 Å². The van der Waals surface area contributed by atoms with Crippen LogP contribution < -0.4 is 14.8 Å². The summed E-state index contributed by atoms with van der Waals surface area (Å²) in [5, 5.41) is 2.17. The van der Waals surface area contributed by atoms with Crippen molar-refractivity contribution in [2.45, 2.75) is 88.1 Å². The van der Waals surface area contributed by atoms with Gasteiger partial charge in [-0.25, -0.2) is 18.2 Å². The van der Waals surface area contributed by atoms with Gasteiger partial charge in [-0.2, -0.15) is 13.2 Å². The number of pyridine rings is 1. The van der Waals surface area contributed by atoms with E-state index in [4.69, 9.17) is 9.47 Å². The quantitative estimate of drug-likeness (QED) is 0.391. The number of rotatable bonds is 9. The van der Waals surface area contributed by atoms with Gasteiger partial charge in [0.05, 0.1) is 17.3 Å². The van der Waals surface area contributed by atoms with Gasteiger partial charge in [0, 0.05) is 17.9 Å². The van der Waals surface area contributed by atoms with Crippen LogP contribution in [0.4, 0.5) is 18.0 Å². The molecule has 2 fully saturated rings. The van der Waals surface area contributed by atoms with Crippen LogP contribution in [0, 0.1) is 0 Å². The molecule has 2 heterocycles. The Kier molecular flexibility index (Phi) is 8.93. The summed E-state index contributed by atoms with van der Waals surface area (Å²) < 4.78 is 79.2. The van der Waals surface area contributed by atoms with Crippen LogP contribution >= 0.6 is 0 Å². The third-order valence-electron chi connectivity index (χ3n) is 7.11. The van der Waals surface area contributed by atoms with Gasteiger partial charge in [0.1, 0.15) is 34.7 Å². The summed E-state index contributed by atoms with van der Waals surface area (Å²) in [6.45, 7) is 9.56. The molecule has 240 valence electrons. The number of hydrogen-bond acceptors (Lipinski definition) is 8. The van der Waals surface area contributed by atoms with Crippen LogP contribution in [-0.2, 0) is 30.5 Å². The molecule has 1 aromatic carbocycles. The number of halogens is 3. The average Bonchev–Trinajstić information content (AvgIpc) is 3.68. The first-order valence-electron chi connectivity index (χ1n) is 14.0. The Labute approximate surface area is 253 Å². The predicted octanol–water partition coefficient (Wildman–Crippen LogP) is 4.07. The highest BCUT2D eigenvalue weighted by Gasteiger charge is 2.47. The molecule has 1 aromatic heterocycles. The van der Waals surface area contributed by atoms with Gasteiger partial charge in [-0.3, -0.25) is 19.2 Å². The zero-order valence-electron chi connectivity index (χ0n) is 24.7. The van der Waals surface area contributed by atoms with Gasteiger partial charge in [-0.1, -0.05) is 18.2 Å². The van der Waals surface area contributed by atoms with Crippen molar-refractivity contribution in [3.63, 3.8) is 0 Å². The number of carbonyl (C=O) groups is 3. The number of para-hydroxylation sites is 1. The van der Waals surface area contributed by atoms with E-state index in [0.717, 1.165) is 11.0 Å². The zero-order valence-corrected chi connectivity index (χ0v) is 25.5. The van der Waals surface area contributed by atoms with E-state index in [9.17, 15) is 36.0 Å². The van der Waals surface area contributed by atoms with E-state index >= 15 is 0 Å². The minimum absolute atomic E-state index is 0.0426. The number of carbonyl (C=O) groups excluding carboxylic acids is 3. The first kappa shape index (κ1) is 33.0. The van der Waals surface area contributed by atoms with Crippen molar-refractivity contribution < 1.29 is 45.4 Å². The number of ether oxygens (including phenoxy) is 2. The Morgan fingerprint density at radius 3 is 2.39 bits per heavy atom. The smallest absolute Gasteiger partial charge is 0.433 e. The third kappa shape index (κ3) is 7.60. The molecule has 0 radical (unpaired) electrons. The highest BCUT2D eigenvalue weighted by Crippen LogP contribution is 2.36. The fraction of sp³-hybridized carbons (Fsp3) is 0.517. The molecule has 0 bridgehead atoms. The minimum Gasteiger partial charge on any atom is -0.488 e. The van der Waals surface area contributed by atoms with Crippen molar-refractivity contribution in [1.82, 2.24) is 19.9 Å². The van der Waals surface area contributed by atoms with Gasteiger partial charge in [-0.05, 0) is 59.1 Å². The highest BCUT2D eigenvalue weighted by atomic mass is 32.2. The topological polar surface area (TPSA) is 144 Å². The van der Waals surface area contributed by atoms with Crippen molar-refractivity contribution >= 4 is 38.8 Å². The lowest BCUT2D eigenvalue weighted by Gasteiger charge is -2.32. The zero-order chi connectivity index (χ0) is 32.7. The van der Waals surface area contributed by atoms with Gasteiger partial charge in [0.2, 0.25) is 15.9 Å². The Balaban J connectivity index is 1.62. The van der Waals surface area contributed by atoms with Gasteiger partial charge in [0.15, 0.2) is 0 Å². The summed E-state index contributed by atoms with van der Waals surface area (Å²) in [5.74, 6) is -1.93. The number of aromatic nitrogens is 1. The maximum Gasteiger partial charge on any atom is 0.433 e.